The first-order valence-corrected chi connectivity index (χ1v) is 13.0. The number of nitrogens with zero attached hydrogens (tertiary/aromatic N) is 3. The average Bonchev–Trinajstić information content (AvgIpc) is 3.58. The van der Waals surface area contributed by atoms with Gasteiger partial charge in [0.05, 0.1) is 12.1 Å². The molecule has 1 aliphatic carbocycles. The molecule has 0 spiro atoms. The minimum absolute atomic E-state index is 0.0102. The number of hydrogen-bond acceptors (Lipinski definition) is 6. The standard InChI is InChI=1S/C25H33N5O3S/c1-18-7-3-4-8-21(18)24(33)30(20-9-10-20)16-23(32)28-25-27-19(17-34-25)15-22(31)26-11-14-29-12-5-2-6-13-29/h3-4,7-8,17,20H,2,5-6,9-16H2,1H3,(H,26,31)(H,27,28,32). The third-order valence-corrected chi connectivity index (χ3v) is 7.08. The first kappa shape index (κ1) is 24.3. The summed E-state index contributed by atoms with van der Waals surface area (Å²) in [6.45, 7) is 5.63. The molecule has 1 aromatic carbocycles. The fourth-order valence-corrected chi connectivity index (χ4v) is 4.97. The van der Waals surface area contributed by atoms with Gasteiger partial charge in [0.25, 0.3) is 5.91 Å². The number of amides is 3. The van der Waals surface area contributed by atoms with Gasteiger partial charge >= 0.3 is 0 Å². The molecule has 2 fully saturated rings. The van der Waals surface area contributed by atoms with Crippen molar-refractivity contribution >= 4 is 34.2 Å². The van der Waals surface area contributed by atoms with Crippen molar-refractivity contribution in [3.63, 3.8) is 0 Å². The summed E-state index contributed by atoms with van der Waals surface area (Å²) >= 11 is 1.29. The van der Waals surface area contributed by atoms with Crippen molar-refractivity contribution < 1.29 is 14.4 Å². The van der Waals surface area contributed by atoms with Gasteiger partial charge in [-0.3, -0.25) is 14.4 Å². The van der Waals surface area contributed by atoms with Crippen LogP contribution in [0.2, 0.25) is 0 Å². The molecule has 0 radical (unpaired) electrons. The van der Waals surface area contributed by atoms with Crippen LogP contribution in [0, 0.1) is 6.92 Å². The van der Waals surface area contributed by atoms with Crippen molar-refractivity contribution in [3.8, 4) is 0 Å². The zero-order chi connectivity index (χ0) is 23.9. The molecule has 0 atom stereocenters. The first-order chi connectivity index (χ1) is 16.5. The predicted octanol–water partition coefficient (Wildman–Crippen LogP) is 2.84. The van der Waals surface area contributed by atoms with E-state index in [4.69, 9.17) is 0 Å². The molecular formula is C25H33N5O3S. The highest BCUT2D eigenvalue weighted by molar-refractivity contribution is 7.13. The van der Waals surface area contributed by atoms with Crippen LogP contribution in [-0.4, -0.2) is 71.3 Å². The van der Waals surface area contributed by atoms with E-state index < -0.39 is 0 Å². The van der Waals surface area contributed by atoms with E-state index >= 15 is 0 Å². The van der Waals surface area contributed by atoms with Crippen LogP contribution in [0.5, 0.6) is 0 Å². The van der Waals surface area contributed by atoms with Crippen LogP contribution in [0.15, 0.2) is 29.6 Å². The van der Waals surface area contributed by atoms with Crippen LogP contribution < -0.4 is 10.6 Å². The Labute approximate surface area is 204 Å². The van der Waals surface area contributed by atoms with Gasteiger partial charge in [-0.2, -0.15) is 0 Å². The molecule has 0 bridgehead atoms. The van der Waals surface area contributed by atoms with Gasteiger partial charge in [0, 0.05) is 30.1 Å². The molecule has 9 heteroatoms. The second-order valence-electron chi connectivity index (χ2n) is 9.10. The highest BCUT2D eigenvalue weighted by atomic mass is 32.1. The summed E-state index contributed by atoms with van der Waals surface area (Å²) in [6.07, 6.45) is 5.79. The Morgan fingerprint density at radius 3 is 2.62 bits per heavy atom. The van der Waals surface area contributed by atoms with Gasteiger partial charge in [0.1, 0.15) is 6.54 Å². The third kappa shape index (κ3) is 6.87. The Kier molecular flexibility index (Phi) is 8.29. The number of rotatable bonds is 10. The number of aryl methyl sites for hydroxylation is 1. The van der Waals surface area contributed by atoms with E-state index in [2.05, 4.69) is 20.5 Å². The smallest absolute Gasteiger partial charge is 0.254 e. The van der Waals surface area contributed by atoms with Crippen molar-refractivity contribution in [3.05, 3.63) is 46.5 Å². The molecule has 1 aromatic heterocycles. The summed E-state index contributed by atoms with van der Waals surface area (Å²) in [5.74, 6) is -0.457. The van der Waals surface area contributed by atoms with Gasteiger partial charge in [0.15, 0.2) is 5.13 Å². The van der Waals surface area contributed by atoms with E-state index in [1.165, 1.54) is 30.6 Å². The molecule has 1 saturated heterocycles. The molecule has 8 nitrogen and oxygen atoms in total. The number of aromatic nitrogens is 1. The summed E-state index contributed by atoms with van der Waals surface area (Å²) < 4.78 is 0. The molecule has 1 saturated carbocycles. The number of carbonyl (C=O) groups is 3. The number of anilines is 1. The van der Waals surface area contributed by atoms with Crippen LogP contribution in [0.25, 0.3) is 0 Å². The zero-order valence-corrected chi connectivity index (χ0v) is 20.5. The van der Waals surface area contributed by atoms with Gasteiger partial charge in [-0.1, -0.05) is 24.6 Å². The van der Waals surface area contributed by atoms with Gasteiger partial charge in [-0.05, 0) is 57.3 Å². The van der Waals surface area contributed by atoms with Gasteiger partial charge in [-0.15, -0.1) is 11.3 Å². The monoisotopic (exact) mass is 483 g/mol. The Bertz CT molecular complexity index is 1010. The SMILES string of the molecule is Cc1ccccc1C(=O)N(CC(=O)Nc1nc(CC(=O)NCCN2CCCCC2)cs1)C1CC1. The lowest BCUT2D eigenvalue weighted by Gasteiger charge is -2.26. The number of benzene rings is 1. The van der Waals surface area contributed by atoms with Crippen molar-refractivity contribution in [2.24, 2.45) is 0 Å². The fraction of sp³-hybridized carbons (Fsp3) is 0.520. The molecule has 34 heavy (non-hydrogen) atoms. The lowest BCUT2D eigenvalue weighted by Crippen LogP contribution is -2.39. The van der Waals surface area contributed by atoms with Crippen LogP contribution in [0.3, 0.4) is 0 Å². The minimum atomic E-state index is -0.277. The molecule has 3 amide bonds. The van der Waals surface area contributed by atoms with Crippen LogP contribution in [0.1, 0.15) is 53.7 Å². The van der Waals surface area contributed by atoms with E-state index in [9.17, 15) is 14.4 Å². The van der Waals surface area contributed by atoms with Crippen LogP contribution in [-0.2, 0) is 16.0 Å². The van der Waals surface area contributed by atoms with Gasteiger partial charge in [-0.25, -0.2) is 4.98 Å². The topological polar surface area (TPSA) is 94.6 Å². The Hall–Kier alpha value is -2.78. The molecule has 0 unspecified atom stereocenters. The number of piperidine rings is 1. The number of likely N-dealkylation sites (tertiary alicyclic amines) is 1. The molecule has 2 aromatic rings. The quantitative estimate of drug-likeness (QED) is 0.542. The lowest BCUT2D eigenvalue weighted by atomic mass is 10.1. The average molecular weight is 484 g/mol. The summed E-state index contributed by atoms with van der Waals surface area (Å²) in [6, 6.07) is 7.55. The van der Waals surface area contributed by atoms with Gasteiger partial charge < -0.3 is 20.4 Å². The molecule has 4 rings (SSSR count). The predicted molar refractivity (Wildman–Crippen MR) is 133 cm³/mol. The highest BCUT2D eigenvalue weighted by Crippen LogP contribution is 2.29. The maximum Gasteiger partial charge on any atom is 0.254 e. The largest absolute Gasteiger partial charge is 0.354 e. The van der Waals surface area contributed by atoms with E-state index in [1.54, 1.807) is 16.3 Å². The zero-order valence-electron chi connectivity index (χ0n) is 19.7. The van der Waals surface area contributed by atoms with Crippen molar-refractivity contribution in [1.29, 1.82) is 0 Å². The number of nitrogens with one attached hydrogen (secondary N) is 2. The van der Waals surface area contributed by atoms with E-state index in [1.807, 2.05) is 25.1 Å². The number of hydrogen-bond donors (Lipinski definition) is 2. The fourth-order valence-electron chi connectivity index (χ4n) is 4.24. The minimum Gasteiger partial charge on any atom is -0.354 e. The first-order valence-electron chi connectivity index (χ1n) is 12.1. The Balaban J connectivity index is 1.24. The summed E-state index contributed by atoms with van der Waals surface area (Å²) in [5, 5.41) is 7.98. The molecule has 2 N–H and O–H groups in total. The number of thiazole rings is 1. The summed E-state index contributed by atoms with van der Waals surface area (Å²) in [4.78, 5) is 46.4. The molecule has 2 aliphatic rings. The van der Waals surface area contributed by atoms with Crippen molar-refractivity contribution in [1.82, 2.24) is 20.1 Å². The maximum atomic E-state index is 13.0. The molecular weight excluding hydrogens is 450 g/mol. The second-order valence-corrected chi connectivity index (χ2v) is 9.96. The van der Waals surface area contributed by atoms with E-state index in [0.717, 1.165) is 38.0 Å². The Morgan fingerprint density at radius 2 is 1.88 bits per heavy atom. The van der Waals surface area contributed by atoms with E-state index in [-0.39, 0.29) is 36.7 Å². The van der Waals surface area contributed by atoms with Crippen LogP contribution in [0.4, 0.5) is 5.13 Å². The van der Waals surface area contributed by atoms with Gasteiger partial charge in [0.2, 0.25) is 11.8 Å². The molecule has 2 heterocycles. The lowest BCUT2D eigenvalue weighted by molar-refractivity contribution is -0.120. The summed E-state index contributed by atoms with van der Waals surface area (Å²) in [7, 11) is 0. The van der Waals surface area contributed by atoms with Crippen molar-refractivity contribution in [2.75, 3.05) is 38.0 Å². The normalized spacial score (nSPS) is 16.1. The molecule has 182 valence electrons. The van der Waals surface area contributed by atoms with E-state index in [0.29, 0.717) is 22.9 Å². The second kappa shape index (κ2) is 11.6. The highest BCUT2D eigenvalue weighted by Gasteiger charge is 2.34. The maximum absolute atomic E-state index is 13.0. The van der Waals surface area contributed by atoms with Crippen molar-refractivity contribution in [2.45, 2.75) is 51.5 Å². The molecule has 1 aliphatic heterocycles. The third-order valence-electron chi connectivity index (χ3n) is 6.28. The number of carbonyl (C=O) groups excluding carboxylic acids is 3. The Morgan fingerprint density at radius 1 is 1.12 bits per heavy atom. The summed E-state index contributed by atoms with van der Waals surface area (Å²) in [5.41, 5.74) is 2.16. The van der Waals surface area contributed by atoms with Crippen LogP contribution >= 0.6 is 11.3 Å².